The molecule has 0 spiro atoms. The number of nitrogens with zero attached hydrogens (tertiary/aromatic N) is 1. The van der Waals surface area contributed by atoms with Crippen LogP contribution in [0.15, 0.2) is 0 Å². The van der Waals surface area contributed by atoms with E-state index in [0.29, 0.717) is 5.92 Å². The van der Waals surface area contributed by atoms with Gasteiger partial charge in [0, 0.05) is 12.5 Å². The second-order valence-corrected chi connectivity index (χ2v) is 4.52. The molecule has 0 bridgehead atoms. The summed E-state index contributed by atoms with van der Waals surface area (Å²) in [5.41, 5.74) is 0. The van der Waals surface area contributed by atoms with Crippen LogP contribution in [0.1, 0.15) is 33.1 Å². The molecule has 0 aromatic rings. The van der Waals surface area contributed by atoms with Crippen LogP contribution in [0.25, 0.3) is 0 Å². The van der Waals surface area contributed by atoms with Crippen LogP contribution in [0, 0.1) is 11.8 Å². The highest BCUT2D eigenvalue weighted by molar-refractivity contribution is 5.53. The SMILES string of the molecule is CC(C)CCN1CCCC(C=O)C1. The van der Waals surface area contributed by atoms with Crippen molar-refractivity contribution in [1.82, 2.24) is 4.90 Å². The third-order valence-corrected chi connectivity index (χ3v) is 2.76. The zero-order valence-electron chi connectivity index (χ0n) is 8.83. The molecule has 1 heterocycles. The zero-order valence-corrected chi connectivity index (χ0v) is 8.83. The fraction of sp³-hybridized carbons (Fsp3) is 0.909. The van der Waals surface area contributed by atoms with Crippen LogP contribution < -0.4 is 0 Å². The van der Waals surface area contributed by atoms with Crippen molar-refractivity contribution in [3.05, 3.63) is 0 Å². The van der Waals surface area contributed by atoms with E-state index in [-0.39, 0.29) is 0 Å². The molecule has 1 saturated heterocycles. The normalized spacial score (nSPS) is 25.0. The molecule has 0 aliphatic carbocycles. The topological polar surface area (TPSA) is 20.3 Å². The molecule has 1 fully saturated rings. The highest BCUT2D eigenvalue weighted by Gasteiger charge is 2.18. The monoisotopic (exact) mass is 183 g/mol. The van der Waals surface area contributed by atoms with Crippen molar-refractivity contribution < 1.29 is 4.79 Å². The maximum atomic E-state index is 10.6. The summed E-state index contributed by atoms with van der Waals surface area (Å²) in [7, 11) is 0. The fourth-order valence-electron chi connectivity index (χ4n) is 1.85. The zero-order chi connectivity index (χ0) is 9.68. The first kappa shape index (κ1) is 10.7. The van der Waals surface area contributed by atoms with Gasteiger partial charge in [0.1, 0.15) is 6.29 Å². The second-order valence-electron chi connectivity index (χ2n) is 4.52. The molecular weight excluding hydrogens is 162 g/mol. The van der Waals surface area contributed by atoms with Gasteiger partial charge < -0.3 is 9.69 Å². The lowest BCUT2D eigenvalue weighted by molar-refractivity contribution is -0.112. The lowest BCUT2D eigenvalue weighted by Crippen LogP contribution is -2.36. The number of piperidine rings is 1. The molecule has 1 aliphatic heterocycles. The average Bonchev–Trinajstić information content (AvgIpc) is 2.15. The Labute approximate surface area is 81.3 Å². The predicted molar refractivity (Wildman–Crippen MR) is 54.7 cm³/mol. The molecule has 1 rings (SSSR count). The highest BCUT2D eigenvalue weighted by atomic mass is 16.1. The number of carbonyl (C=O) groups excluding carboxylic acids is 1. The van der Waals surface area contributed by atoms with E-state index < -0.39 is 0 Å². The van der Waals surface area contributed by atoms with Gasteiger partial charge in [0.05, 0.1) is 0 Å². The smallest absolute Gasteiger partial charge is 0.124 e. The van der Waals surface area contributed by atoms with Crippen molar-refractivity contribution in [3.63, 3.8) is 0 Å². The van der Waals surface area contributed by atoms with Crippen LogP contribution in [0.5, 0.6) is 0 Å². The molecule has 2 heteroatoms. The second kappa shape index (κ2) is 5.38. The van der Waals surface area contributed by atoms with Gasteiger partial charge in [-0.3, -0.25) is 0 Å². The first-order valence-electron chi connectivity index (χ1n) is 5.40. The van der Waals surface area contributed by atoms with Crippen molar-refractivity contribution in [2.24, 2.45) is 11.8 Å². The Morgan fingerprint density at radius 3 is 2.92 bits per heavy atom. The molecule has 0 saturated carbocycles. The number of carbonyl (C=O) groups is 1. The van der Waals surface area contributed by atoms with Crippen molar-refractivity contribution >= 4 is 6.29 Å². The van der Waals surface area contributed by atoms with Crippen LogP contribution in [-0.2, 0) is 4.79 Å². The molecule has 13 heavy (non-hydrogen) atoms. The summed E-state index contributed by atoms with van der Waals surface area (Å²) in [6.45, 7) is 7.86. The van der Waals surface area contributed by atoms with Crippen molar-refractivity contribution in [3.8, 4) is 0 Å². The van der Waals surface area contributed by atoms with Crippen LogP contribution >= 0.6 is 0 Å². The van der Waals surface area contributed by atoms with E-state index in [9.17, 15) is 4.79 Å². The van der Waals surface area contributed by atoms with E-state index >= 15 is 0 Å². The molecule has 2 nitrogen and oxygen atoms in total. The quantitative estimate of drug-likeness (QED) is 0.621. The Balaban J connectivity index is 2.21. The fourth-order valence-corrected chi connectivity index (χ4v) is 1.85. The Hall–Kier alpha value is -0.370. The molecule has 0 amide bonds. The molecule has 1 atom stereocenters. The summed E-state index contributed by atoms with van der Waals surface area (Å²) in [5, 5.41) is 0. The van der Waals surface area contributed by atoms with Gasteiger partial charge in [-0.25, -0.2) is 0 Å². The highest BCUT2D eigenvalue weighted by Crippen LogP contribution is 2.15. The largest absolute Gasteiger partial charge is 0.303 e. The van der Waals surface area contributed by atoms with Gasteiger partial charge in [-0.1, -0.05) is 13.8 Å². The lowest BCUT2D eigenvalue weighted by atomic mass is 9.99. The minimum atomic E-state index is 0.306. The molecule has 0 radical (unpaired) electrons. The minimum absolute atomic E-state index is 0.306. The Kier molecular flexibility index (Phi) is 4.43. The van der Waals surface area contributed by atoms with Crippen LogP contribution in [0.4, 0.5) is 0 Å². The van der Waals surface area contributed by atoms with Crippen molar-refractivity contribution in [2.45, 2.75) is 33.1 Å². The number of hydrogen-bond donors (Lipinski definition) is 0. The Bertz CT molecular complexity index is 156. The number of aldehydes is 1. The van der Waals surface area contributed by atoms with E-state index in [2.05, 4.69) is 18.7 Å². The third-order valence-electron chi connectivity index (χ3n) is 2.76. The van der Waals surface area contributed by atoms with Gasteiger partial charge in [0.2, 0.25) is 0 Å². The van der Waals surface area contributed by atoms with Crippen LogP contribution in [0.2, 0.25) is 0 Å². The summed E-state index contributed by atoms with van der Waals surface area (Å²) >= 11 is 0. The molecule has 0 aromatic heterocycles. The first-order valence-corrected chi connectivity index (χ1v) is 5.40. The maximum Gasteiger partial charge on any atom is 0.124 e. The van der Waals surface area contributed by atoms with Gasteiger partial charge in [-0.05, 0) is 38.3 Å². The maximum absolute atomic E-state index is 10.6. The van der Waals surface area contributed by atoms with Crippen molar-refractivity contribution in [1.29, 1.82) is 0 Å². The van der Waals surface area contributed by atoms with E-state index in [4.69, 9.17) is 0 Å². The van der Waals surface area contributed by atoms with Crippen LogP contribution in [-0.4, -0.2) is 30.8 Å². The predicted octanol–water partition coefficient (Wildman–Crippen LogP) is 1.94. The van der Waals surface area contributed by atoms with E-state index in [1.54, 1.807) is 0 Å². The first-order chi connectivity index (χ1) is 6.22. The minimum Gasteiger partial charge on any atom is -0.303 e. The van der Waals surface area contributed by atoms with Crippen LogP contribution in [0.3, 0.4) is 0 Å². The summed E-state index contributed by atoms with van der Waals surface area (Å²) in [6, 6.07) is 0. The van der Waals surface area contributed by atoms with Gasteiger partial charge in [-0.15, -0.1) is 0 Å². The number of likely N-dealkylation sites (tertiary alicyclic amines) is 1. The van der Waals surface area contributed by atoms with Gasteiger partial charge in [0.25, 0.3) is 0 Å². The molecular formula is C11H21NO. The summed E-state index contributed by atoms with van der Waals surface area (Å²) in [6.07, 6.45) is 4.68. The molecule has 0 N–H and O–H groups in total. The summed E-state index contributed by atoms with van der Waals surface area (Å²) < 4.78 is 0. The lowest BCUT2D eigenvalue weighted by Gasteiger charge is -2.30. The van der Waals surface area contributed by atoms with Gasteiger partial charge in [-0.2, -0.15) is 0 Å². The number of hydrogen-bond acceptors (Lipinski definition) is 2. The Morgan fingerprint density at radius 2 is 2.31 bits per heavy atom. The standard InChI is InChI=1S/C11H21NO/c1-10(2)5-7-12-6-3-4-11(8-12)9-13/h9-11H,3-8H2,1-2H3. The van der Waals surface area contributed by atoms with Gasteiger partial charge >= 0.3 is 0 Å². The summed E-state index contributed by atoms with van der Waals surface area (Å²) in [5.74, 6) is 1.08. The van der Waals surface area contributed by atoms with Gasteiger partial charge in [0.15, 0.2) is 0 Å². The van der Waals surface area contributed by atoms with E-state index in [0.717, 1.165) is 25.2 Å². The molecule has 1 unspecified atom stereocenters. The average molecular weight is 183 g/mol. The summed E-state index contributed by atoms with van der Waals surface area (Å²) in [4.78, 5) is 13.1. The number of rotatable bonds is 4. The van der Waals surface area contributed by atoms with E-state index in [1.807, 2.05) is 0 Å². The molecule has 76 valence electrons. The van der Waals surface area contributed by atoms with E-state index in [1.165, 1.54) is 25.9 Å². The van der Waals surface area contributed by atoms with Crippen molar-refractivity contribution in [2.75, 3.05) is 19.6 Å². The third kappa shape index (κ3) is 3.90. The molecule has 1 aliphatic rings. The molecule has 0 aromatic carbocycles. The Morgan fingerprint density at radius 1 is 1.54 bits per heavy atom.